The van der Waals surface area contributed by atoms with Gasteiger partial charge < -0.3 is 29.9 Å². The summed E-state index contributed by atoms with van der Waals surface area (Å²) >= 11 is 17.0. The van der Waals surface area contributed by atoms with Gasteiger partial charge in [-0.05, 0) is 173 Å². The van der Waals surface area contributed by atoms with Gasteiger partial charge in [-0.1, -0.05) is 65.1 Å². The van der Waals surface area contributed by atoms with Crippen LogP contribution in [0.2, 0.25) is 15.1 Å². The average molecular weight is 1010 g/mol. The lowest BCUT2D eigenvalue weighted by molar-refractivity contribution is -0.137. The fourth-order valence-electron chi connectivity index (χ4n) is 7.71. The number of para-hydroxylation sites is 2. The van der Waals surface area contributed by atoms with Gasteiger partial charge in [-0.2, -0.15) is 0 Å². The predicted octanol–water partition coefficient (Wildman–Crippen LogP) is 12.7. The molecule has 0 fully saturated rings. The van der Waals surface area contributed by atoms with Gasteiger partial charge >= 0.3 is 17.9 Å². The number of carboxylic acids is 3. The summed E-state index contributed by atoms with van der Waals surface area (Å²) in [5.74, 6) is -2.80. The topological polar surface area (TPSA) is 178 Å². The van der Waals surface area contributed by atoms with Crippen molar-refractivity contribution in [2.24, 2.45) is 0 Å². The van der Waals surface area contributed by atoms with Gasteiger partial charge in [0.1, 0.15) is 17.8 Å². The second-order valence-corrected chi connectivity index (χ2v) is 18.2. The number of carbonyl (C=O) groups is 4. The molecule has 8 rings (SSSR count). The standard InChI is InChI=1S/C20H17FO3S.C19H16ClNO4.C14H11Cl2NO2/c1-12-17(9-13-3-6-15(7-4-13)25(2)24)16-8-5-14(21)10-19(16)18(12)11-20(22)23;1-11-15(10-18(22)23)16-9-14(25-2)7-8-17(16)21(11)19(24)12-3-5-13(20)6-4-12;15-10-5-3-6-11(16)14(10)17-12-7-2-1-4-9(12)8-13(18)19/h3-10H,11H2,1-2H3,(H,22,23);3-9H,10H2,1-2H3,(H,22,23);1-7,17H,8H2,(H,18,19)/b17-9-;;. The molecule has 6 aromatic carbocycles. The van der Waals surface area contributed by atoms with E-state index in [0.29, 0.717) is 76.6 Å². The number of ether oxygens (including phenoxy) is 1. The number of carbonyl (C=O) groups excluding carboxylic acids is 1. The summed E-state index contributed by atoms with van der Waals surface area (Å²) in [7, 11) is 1.54. The first-order valence-corrected chi connectivity index (χ1v) is 23.6. The molecule has 69 heavy (non-hydrogen) atoms. The number of rotatable bonds is 12. The molecular formula is C53H44Cl3FN2O9S. The van der Waals surface area contributed by atoms with E-state index in [1.54, 1.807) is 117 Å². The quantitative estimate of drug-likeness (QED) is 0.0861. The minimum atomic E-state index is -1.04. The molecular weight excluding hydrogens is 966 g/mol. The number of nitrogens with one attached hydrogen (secondary N) is 1. The highest BCUT2D eigenvalue weighted by molar-refractivity contribution is 7.90. The van der Waals surface area contributed by atoms with Gasteiger partial charge in [-0.15, -0.1) is 0 Å². The number of halogens is 4. The van der Waals surface area contributed by atoms with E-state index in [9.17, 15) is 33.2 Å². The Labute approximate surface area is 415 Å². The molecule has 16 heteroatoms. The highest BCUT2D eigenvalue weighted by Gasteiger charge is 2.26. The molecule has 1 aliphatic rings. The zero-order valence-corrected chi connectivity index (χ0v) is 40.6. The number of fused-ring (bicyclic) bond motifs is 2. The molecule has 1 aromatic heterocycles. The van der Waals surface area contributed by atoms with Crippen molar-refractivity contribution in [2.75, 3.05) is 18.7 Å². The summed E-state index contributed by atoms with van der Waals surface area (Å²) in [6.07, 6.45) is 3.19. The lowest BCUT2D eigenvalue weighted by Crippen LogP contribution is -2.14. The first-order chi connectivity index (χ1) is 32.9. The van der Waals surface area contributed by atoms with E-state index < -0.39 is 29.1 Å². The maximum atomic E-state index is 13.7. The number of aliphatic carboxylic acids is 3. The maximum Gasteiger partial charge on any atom is 0.307 e. The lowest BCUT2D eigenvalue weighted by Gasteiger charge is -2.13. The van der Waals surface area contributed by atoms with Crippen LogP contribution >= 0.6 is 34.8 Å². The molecule has 7 aromatic rings. The van der Waals surface area contributed by atoms with Crippen molar-refractivity contribution in [3.8, 4) is 5.75 Å². The van der Waals surface area contributed by atoms with Gasteiger partial charge in [0.05, 0.1) is 47.6 Å². The number of nitrogens with zero attached hydrogens (tertiary/aromatic N) is 1. The van der Waals surface area contributed by atoms with E-state index in [1.165, 1.54) is 16.7 Å². The van der Waals surface area contributed by atoms with Crippen LogP contribution in [0.1, 0.15) is 57.2 Å². The monoisotopic (exact) mass is 1010 g/mol. The van der Waals surface area contributed by atoms with E-state index in [-0.39, 0.29) is 31.0 Å². The minimum absolute atomic E-state index is 0.0642. The number of carboxylic acid groups (broad SMARTS) is 3. The van der Waals surface area contributed by atoms with E-state index in [2.05, 4.69) is 5.32 Å². The SMILES string of the molecule is CC1=C(CC(=O)O)c2cc(F)ccc2/C1=C\c1ccc([S+](C)[O-])cc1.COc1ccc2c(c1)c(CC(=O)O)c(C)n2C(=O)c1ccc(Cl)cc1.O=C(O)Cc1ccccc1Nc1c(Cl)cccc1Cl. The normalized spacial score (nSPS) is 12.6. The molecule has 1 atom stereocenters. The number of hydrogen-bond acceptors (Lipinski definition) is 7. The van der Waals surface area contributed by atoms with Crippen molar-refractivity contribution < 1.29 is 48.2 Å². The minimum Gasteiger partial charge on any atom is -0.612 e. The van der Waals surface area contributed by atoms with Crippen molar-refractivity contribution in [2.45, 2.75) is 38.0 Å². The third-order valence-corrected chi connectivity index (χ3v) is 12.9. The Bertz CT molecular complexity index is 3130. The number of aromatic nitrogens is 1. The van der Waals surface area contributed by atoms with Crippen molar-refractivity contribution in [1.29, 1.82) is 0 Å². The third-order valence-electron chi connectivity index (χ3n) is 11.1. The highest BCUT2D eigenvalue weighted by Crippen LogP contribution is 2.44. The molecule has 11 nitrogen and oxygen atoms in total. The Balaban J connectivity index is 0.000000172. The molecule has 1 unspecified atom stereocenters. The Morgan fingerprint density at radius 3 is 2.00 bits per heavy atom. The number of benzene rings is 6. The first-order valence-electron chi connectivity index (χ1n) is 20.9. The number of anilines is 2. The second kappa shape index (κ2) is 23.0. The fourth-order valence-corrected chi connectivity index (χ4v) is 8.85. The van der Waals surface area contributed by atoms with Crippen LogP contribution in [-0.4, -0.2) is 61.6 Å². The van der Waals surface area contributed by atoms with Crippen LogP contribution in [0.25, 0.3) is 28.1 Å². The highest BCUT2D eigenvalue weighted by atomic mass is 35.5. The van der Waals surface area contributed by atoms with Crippen LogP contribution in [0.4, 0.5) is 15.8 Å². The Hall–Kier alpha value is -6.87. The molecule has 1 aliphatic carbocycles. The number of allylic oxidation sites excluding steroid dienone is 2. The zero-order chi connectivity index (χ0) is 50.1. The molecule has 1 heterocycles. The van der Waals surface area contributed by atoms with Crippen LogP contribution < -0.4 is 10.1 Å². The smallest absolute Gasteiger partial charge is 0.307 e. The molecule has 0 saturated carbocycles. The summed E-state index contributed by atoms with van der Waals surface area (Å²) in [5.41, 5.74) is 8.99. The summed E-state index contributed by atoms with van der Waals surface area (Å²) < 4.78 is 31.9. The first kappa shape index (κ1) is 51.5. The predicted molar refractivity (Wildman–Crippen MR) is 271 cm³/mol. The number of methoxy groups -OCH3 is 1. The van der Waals surface area contributed by atoms with E-state index in [1.807, 2.05) is 31.2 Å². The van der Waals surface area contributed by atoms with Crippen molar-refractivity contribution in [3.63, 3.8) is 0 Å². The van der Waals surface area contributed by atoms with Gasteiger partial charge in [-0.3, -0.25) is 23.7 Å². The van der Waals surface area contributed by atoms with Gasteiger partial charge in [0.25, 0.3) is 5.91 Å². The van der Waals surface area contributed by atoms with Gasteiger partial charge in [0, 0.05) is 27.4 Å². The average Bonchev–Trinajstić information content (AvgIpc) is 3.71. The van der Waals surface area contributed by atoms with Crippen LogP contribution in [-0.2, 0) is 38.4 Å². The Morgan fingerprint density at radius 1 is 0.754 bits per heavy atom. The number of hydrogen-bond donors (Lipinski definition) is 4. The van der Waals surface area contributed by atoms with Crippen LogP contribution in [0, 0.1) is 12.7 Å². The molecule has 0 aliphatic heterocycles. The summed E-state index contributed by atoms with van der Waals surface area (Å²) in [4.78, 5) is 47.0. The van der Waals surface area contributed by atoms with Crippen LogP contribution in [0.15, 0.2) is 138 Å². The molecule has 0 radical (unpaired) electrons. The molecule has 0 amide bonds. The van der Waals surface area contributed by atoms with E-state index in [4.69, 9.17) is 49.8 Å². The second-order valence-electron chi connectivity index (χ2n) is 15.6. The third kappa shape index (κ3) is 12.6. The van der Waals surface area contributed by atoms with Gasteiger partial charge in [0.15, 0.2) is 4.90 Å². The molecule has 354 valence electrons. The van der Waals surface area contributed by atoms with Crippen molar-refractivity contribution in [1.82, 2.24) is 4.57 Å². The van der Waals surface area contributed by atoms with Gasteiger partial charge in [0.2, 0.25) is 0 Å². The molecule has 0 spiro atoms. The molecule has 0 saturated heterocycles. The Morgan fingerprint density at radius 2 is 1.39 bits per heavy atom. The maximum absolute atomic E-state index is 13.7. The van der Waals surface area contributed by atoms with Crippen LogP contribution in [0.3, 0.4) is 0 Å². The van der Waals surface area contributed by atoms with Gasteiger partial charge in [-0.25, -0.2) is 4.39 Å². The van der Waals surface area contributed by atoms with Crippen molar-refractivity contribution >= 4 is 109 Å². The van der Waals surface area contributed by atoms with E-state index >= 15 is 0 Å². The Kier molecular flexibility index (Phi) is 17.1. The zero-order valence-electron chi connectivity index (χ0n) is 37.5. The molecule has 4 N–H and O–H groups in total. The van der Waals surface area contributed by atoms with Crippen molar-refractivity contribution in [3.05, 3.63) is 193 Å². The van der Waals surface area contributed by atoms with E-state index in [0.717, 1.165) is 27.2 Å². The molecule has 0 bridgehead atoms. The summed E-state index contributed by atoms with van der Waals surface area (Å²) in [5, 5.41) is 32.6. The fraction of sp³-hybridized carbons (Fsp3) is 0.132. The lowest BCUT2D eigenvalue weighted by atomic mass is 10.0. The van der Waals surface area contributed by atoms with Crippen LogP contribution in [0.5, 0.6) is 5.75 Å². The summed E-state index contributed by atoms with van der Waals surface area (Å²) in [6.45, 7) is 3.61. The largest absolute Gasteiger partial charge is 0.612 e. The summed E-state index contributed by atoms with van der Waals surface area (Å²) in [6, 6.07) is 36.0.